The summed E-state index contributed by atoms with van der Waals surface area (Å²) in [5.41, 5.74) is 3.43. The highest BCUT2D eigenvalue weighted by Crippen LogP contribution is 2.43. The Bertz CT molecular complexity index is 1140. The quantitative estimate of drug-likeness (QED) is 0.452. The number of H-pyrrole nitrogens is 1. The largest absolute Gasteiger partial charge is 0.393 e. The van der Waals surface area contributed by atoms with Crippen molar-refractivity contribution in [3.8, 4) is 17.1 Å². The molecule has 0 spiro atoms. The molecule has 0 bridgehead atoms. The molecular formula is C24H26Cl2N4O2S. The molecule has 1 amide bonds. The number of aromatic amines is 1. The van der Waals surface area contributed by atoms with E-state index in [0.29, 0.717) is 28.4 Å². The fraction of sp³-hybridized carbons (Fsp3) is 0.417. The number of rotatable bonds is 6. The van der Waals surface area contributed by atoms with Crippen LogP contribution in [0.4, 0.5) is 0 Å². The average Bonchev–Trinajstić information content (AvgIpc) is 3.51. The van der Waals surface area contributed by atoms with Crippen LogP contribution in [0, 0.1) is 5.92 Å². The van der Waals surface area contributed by atoms with Gasteiger partial charge in [0.15, 0.2) is 0 Å². The van der Waals surface area contributed by atoms with Crippen LogP contribution in [-0.2, 0) is 4.79 Å². The van der Waals surface area contributed by atoms with E-state index in [1.807, 2.05) is 46.1 Å². The fourth-order valence-electron chi connectivity index (χ4n) is 4.74. The Hall–Kier alpha value is -1.93. The maximum absolute atomic E-state index is 12.8. The van der Waals surface area contributed by atoms with Crippen LogP contribution < -0.4 is 0 Å². The van der Waals surface area contributed by atoms with E-state index in [1.165, 1.54) is 0 Å². The predicted molar refractivity (Wildman–Crippen MR) is 133 cm³/mol. The Morgan fingerprint density at radius 1 is 1.15 bits per heavy atom. The van der Waals surface area contributed by atoms with E-state index in [0.717, 1.165) is 54.7 Å². The third kappa shape index (κ3) is 4.97. The standard InChI is InChI=1S/C24H26Cl2N4O2S/c25-16-2-1-3-17(12-16)30-13-19(23(28-30)20-8-9-21(26)27-20)24-29(22(32)14-33-24)11-10-15-4-6-18(31)7-5-15/h1-3,8-9,12-13,15,18,24,27,31H,4-7,10-11,14H2/t15?,18?,24-/m1/s1. The van der Waals surface area contributed by atoms with Crippen LogP contribution in [0.2, 0.25) is 10.2 Å². The van der Waals surface area contributed by atoms with Crippen molar-refractivity contribution in [2.45, 2.75) is 43.6 Å². The first-order chi connectivity index (χ1) is 16.0. The zero-order valence-electron chi connectivity index (χ0n) is 18.1. The first kappa shape index (κ1) is 22.8. The van der Waals surface area contributed by atoms with Crippen molar-refractivity contribution in [3.63, 3.8) is 0 Å². The fourth-order valence-corrected chi connectivity index (χ4v) is 6.31. The van der Waals surface area contributed by atoms with E-state index in [9.17, 15) is 9.90 Å². The molecule has 2 N–H and O–H groups in total. The first-order valence-electron chi connectivity index (χ1n) is 11.3. The third-order valence-corrected chi connectivity index (χ3v) is 8.24. The van der Waals surface area contributed by atoms with Gasteiger partial charge in [0.1, 0.15) is 16.2 Å². The summed E-state index contributed by atoms with van der Waals surface area (Å²) >= 11 is 14.0. The first-order valence-corrected chi connectivity index (χ1v) is 13.1. The highest BCUT2D eigenvalue weighted by molar-refractivity contribution is 8.00. The highest BCUT2D eigenvalue weighted by atomic mass is 35.5. The molecule has 1 aromatic carbocycles. The summed E-state index contributed by atoms with van der Waals surface area (Å²) < 4.78 is 1.81. The number of halogens is 2. The molecule has 0 radical (unpaired) electrons. The van der Waals surface area contributed by atoms with Crippen molar-refractivity contribution in [3.05, 3.63) is 58.3 Å². The molecule has 5 rings (SSSR count). The number of nitrogens with one attached hydrogen (secondary N) is 1. The summed E-state index contributed by atoms with van der Waals surface area (Å²) in [6.45, 7) is 0.713. The topological polar surface area (TPSA) is 74.2 Å². The Labute approximate surface area is 207 Å². The van der Waals surface area contributed by atoms with Crippen LogP contribution in [0.15, 0.2) is 42.6 Å². The van der Waals surface area contributed by atoms with E-state index in [2.05, 4.69) is 4.98 Å². The van der Waals surface area contributed by atoms with E-state index < -0.39 is 0 Å². The second kappa shape index (κ2) is 9.74. The molecular weight excluding hydrogens is 479 g/mol. The predicted octanol–water partition coefficient (Wildman–Crippen LogP) is 5.69. The lowest BCUT2D eigenvalue weighted by molar-refractivity contribution is -0.128. The zero-order valence-corrected chi connectivity index (χ0v) is 20.4. The molecule has 2 aromatic heterocycles. The summed E-state index contributed by atoms with van der Waals surface area (Å²) in [6, 6.07) is 11.3. The van der Waals surface area contributed by atoms with E-state index in [-0.39, 0.29) is 17.4 Å². The molecule has 3 aromatic rings. The van der Waals surface area contributed by atoms with Crippen LogP contribution in [0.3, 0.4) is 0 Å². The molecule has 174 valence electrons. The number of hydrogen-bond donors (Lipinski definition) is 2. The van der Waals surface area contributed by atoms with Crippen LogP contribution in [0.5, 0.6) is 0 Å². The number of carbonyl (C=O) groups is 1. The second-order valence-corrected chi connectivity index (χ2v) is 10.7. The van der Waals surface area contributed by atoms with Gasteiger partial charge >= 0.3 is 0 Å². The van der Waals surface area contributed by atoms with Gasteiger partial charge in [-0.3, -0.25) is 4.79 Å². The lowest BCUT2D eigenvalue weighted by atomic mass is 9.85. The van der Waals surface area contributed by atoms with Gasteiger partial charge in [0.2, 0.25) is 5.91 Å². The number of nitrogens with zero attached hydrogens (tertiary/aromatic N) is 3. The monoisotopic (exact) mass is 504 g/mol. The minimum Gasteiger partial charge on any atom is -0.393 e. The number of carbonyl (C=O) groups excluding carboxylic acids is 1. The number of aliphatic hydroxyl groups is 1. The summed E-state index contributed by atoms with van der Waals surface area (Å²) in [5.74, 6) is 1.18. The molecule has 2 fully saturated rings. The van der Waals surface area contributed by atoms with Crippen LogP contribution in [0.25, 0.3) is 17.1 Å². The number of aliphatic hydroxyl groups excluding tert-OH is 1. The van der Waals surface area contributed by atoms with Crippen molar-refractivity contribution < 1.29 is 9.90 Å². The van der Waals surface area contributed by atoms with Gasteiger partial charge in [-0.05, 0) is 68.4 Å². The van der Waals surface area contributed by atoms with Gasteiger partial charge in [0, 0.05) is 23.3 Å². The van der Waals surface area contributed by atoms with Crippen molar-refractivity contribution >= 4 is 40.9 Å². The van der Waals surface area contributed by atoms with Crippen LogP contribution in [0.1, 0.15) is 43.0 Å². The maximum Gasteiger partial charge on any atom is 0.233 e. The Morgan fingerprint density at radius 3 is 2.70 bits per heavy atom. The number of thioether (sulfide) groups is 1. The second-order valence-electron chi connectivity index (χ2n) is 8.79. The van der Waals surface area contributed by atoms with E-state index in [4.69, 9.17) is 28.3 Å². The molecule has 33 heavy (non-hydrogen) atoms. The molecule has 1 atom stereocenters. The maximum atomic E-state index is 12.8. The Kier molecular flexibility index (Phi) is 6.74. The Morgan fingerprint density at radius 2 is 1.97 bits per heavy atom. The summed E-state index contributed by atoms with van der Waals surface area (Å²) in [6.07, 6.45) is 6.57. The van der Waals surface area contributed by atoms with Crippen LogP contribution in [-0.4, -0.2) is 49.1 Å². The minimum absolute atomic E-state index is 0.114. The summed E-state index contributed by atoms with van der Waals surface area (Å²) in [7, 11) is 0. The van der Waals surface area contributed by atoms with Gasteiger partial charge in [0.25, 0.3) is 0 Å². The lowest BCUT2D eigenvalue weighted by Gasteiger charge is -2.29. The smallest absolute Gasteiger partial charge is 0.233 e. The minimum atomic E-state index is -0.162. The van der Waals surface area contributed by atoms with Gasteiger partial charge < -0.3 is 15.0 Å². The normalized spacial score (nSPS) is 23.4. The SMILES string of the molecule is O=C1CS[C@H](c2cn(-c3cccc(Cl)c3)nc2-c2ccc(Cl)[nH]2)N1CCC1CCC(O)CC1. The molecule has 1 saturated heterocycles. The molecule has 2 aliphatic rings. The van der Waals surface area contributed by atoms with E-state index in [1.54, 1.807) is 17.8 Å². The van der Waals surface area contributed by atoms with Crippen LogP contribution >= 0.6 is 35.0 Å². The summed E-state index contributed by atoms with van der Waals surface area (Å²) in [4.78, 5) is 18.0. The zero-order chi connectivity index (χ0) is 22.9. The molecule has 1 saturated carbocycles. The molecule has 0 unspecified atom stereocenters. The molecule has 1 aliphatic carbocycles. The molecule has 1 aliphatic heterocycles. The number of aromatic nitrogens is 3. The summed E-state index contributed by atoms with van der Waals surface area (Å²) in [5, 5.41) is 15.7. The number of benzene rings is 1. The van der Waals surface area contributed by atoms with Crippen molar-refractivity contribution in [2.75, 3.05) is 12.3 Å². The third-order valence-electron chi connectivity index (χ3n) is 6.55. The van der Waals surface area contributed by atoms with Gasteiger partial charge in [0.05, 0.1) is 23.2 Å². The van der Waals surface area contributed by atoms with Crippen molar-refractivity contribution in [2.24, 2.45) is 5.92 Å². The van der Waals surface area contributed by atoms with Gasteiger partial charge in [-0.15, -0.1) is 11.8 Å². The van der Waals surface area contributed by atoms with Crippen molar-refractivity contribution in [1.82, 2.24) is 19.7 Å². The molecule has 6 nitrogen and oxygen atoms in total. The lowest BCUT2D eigenvalue weighted by Crippen LogP contribution is -2.31. The highest BCUT2D eigenvalue weighted by Gasteiger charge is 2.36. The van der Waals surface area contributed by atoms with Gasteiger partial charge in [-0.25, -0.2) is 4.68 Å². The van der Waals surface area contributed by atoms with Gasteiger partial charge in [-0.1, -0.05) is 29.3 Å². The van der Waals surface area contributed by atoms with Crippen molar-refractivity contribution in [1.29, 1.82) is 0 Å². The molecule has 3 heterocycles. The molecule has 9 heteroatoms. The van der Waals surface area contributed by atoms with Gasteiger partial charge in [-0.2, -0.15) is 5.10 Å². The average molecular weight is 505 g/mol. The van der Waals surface area contributed by atoms with E-state index >= 15 is 0 Å². The Balaban J connectivity index is 1.45. The number of amides is 1. The number of hydrogen-bond acceptors (Lipinski definition) is 4.